The summed E-state index contributed by atoms with van der Waals surface area (Å²) in [6.45, 7) is 6.82. The summed E-state index contributed by atoms with van der Waals surface area (Å²) in [5.41, 5.74) is 0. The van der Waals surface area contributed by atoms with Crippen LogP contribution in [-0.4, -0.2) is 0 Å². The van der Waals surface area contributed by atoms with E-state index in [1.54, 1.807) is 0 Å². The van der Waals surface area contributed by atoms with Gasteiger partial charge in [0.25, 0.3) is 0 Å². The summed E-state index contributed by atoms with van der Waals surface area (Å²) < 4.78 is 0. The standard InChI is InChI=1S/C12H24/c1-4-5-6-7-8-9-10-11-12(2)3/h8-9,12H,4-7,10-11H2,1-3H3/b9-8-. The minimum absolute atomic E-state index is 0.852. The number of hydrogen-bond acceptors (Lipinski definition) is 0. The van der Waals surface area contributed by atoms with Gasteiger partial charge in [-0.3, -0.25) is 0 Å². The van der Waals surface area contributed by atoms with Gasteiger partial charge in [0.2, 0.25) is 0 Å². The van der Waals surface area contributed by atoms with E-state index in [4.69, 9.17) is 0 Å². The maximum Gasteiger partial charge on any atom is -0.0348 e. The lowest BCUT2D eigenvalue weighted by Gasteiger charge is -1.98. The molecule has 0 unspecified atom stereocenters. The Morgan fingerprint density at radius 2 is 1.67 bits per heavy atom. The van der Waals surface area contributed by atoms with E-state index in [-0.39, 0.29) is 0 Å². The van der Waals surface area contributed by atoms with Crippen LogP contribution < -0.4 is 0 Å². The fourth-order valence-corrected chi connectivity index (χ4v) is 1.18. The molecule has 0 amide bonds. The van der Waals surface area contributed by atoms with Crippen molar-refractivity contribution < 1.29 is 0 Å². The molecule has 0 bridgehead atoms. The van der Waals surface area contributed by atoms with Crippen LogP contribution in [0.2, 0.25) is 0 Å². The number of unbranched alkanes of at least 4 members (excludes halogenated alkanes) is 3. The van der Waals surface area contributed by atoms with Gasteiger partial charge >= 0.3 is 0 Å². The molecule has 0 aromatic carbocycles. The molecule has 12 heavy (non-hydrogen) atoms. The quantitative estimate of drug-likeness (QED) is 0.386. The van der Waals surface area contributed by atoms with Crippen LogP contribution >= 0.6 is 0 Å². The van der Waals surface area contributed by atoms with Crippen molar-refractivity contribution in [1.82, 2.24) is 0 Å². The Hall–Kier alpha value is -0.260. The Kier molecular flexibility index (Phi) is 8.64. The number of hydrogen-bond donors (Lipinski definition) is 0. The molecule has 0 rings (SSSR count). The fraction of sp³-hybridized carbons (Fsp3) is 0.833. The van der Waals surface area contributed by atoms with E-state index >= 15 is 0 Å². The maximum absolute atomic E-state index is 2.35. The molecule has 0 spiro atoms. The largest absolute Gasteiger partial charge is 0.0885 e. The predicted octanol–water partition coefficient (Wildman–Crippen LogP) is 4.56. The molecule has 0 fully saturated rings. The monoisotopic (exact) mass is 168 g/mol. The molecule has 0 nitrogen and oxygen atoms in total. The van der Waals surface area contributed by atoms with Crippen molar-refractivity contribution in [2.75, 3.05) is 0 Å². The predicted molar refractivity (Wildman–Crippen MR) is 57.4 cm³/mol. The van der Waals surface area contributed by atoms with Crippen LogP contribution in [0.1, 0.15) is 59.3 Å². The van der Waals surface area contributed by atoms with Crippen LogP contribution in [-0.2, 0) is 0 Å². The Labute approximate surface area is 78.1 Å². The van der Waals surface area contributed by atoms with Crippen molar-refractivity contribution in [2.45, 2.75) is 59.3 Å². The molecule has 0 saturated carbocycles. The van der Waals surface area contributed by atoms with Crippen molar-refractivity contribution in [3.8, 4) is 0 Å². The average molecular weight is 168 g/mol. The molecule has 0 aliphatic heterocycles. The first-order chi connectivity index (χ1) is 5.77. The third-order valence-corrected chi connectivity index (χ3v) is 2.05. The SMILES string of the molecule is CCCCC/C=C\CCC(C)C. The highest BCUT2D eigenvalue weighted by molar-refractivity contribution is 4.81. The Morgan fingerprint density at radius 1 is 1.00 bits per heavy atom. The highest BCUT2D eigenvalue weighted by Crippen LogP contribution is 2.05. The van der Waals surface area contributed by atoms with Gasteiger partial charge in [-0.15, -0.1) is 0 Å². The first-order valence-corrected chi connectivity index (χ1v) is 5.42. The van der Waals surface area contributed by atoms with Crippen LogP contribution in [0, 0.1) is 5.92 Å². The topological polar surface area (TPSA) is 0 Å². The summed E-state index contributed by atoms with van der Waals surface area (Å²) in [5, 5.41) is 0. The lowest BCUT2D eigenvalue weighted by molar-refractivity contribution is 0.593. The summed E-state index contributed by atoms with van der Waals surface area (Å²) in [7, 11) is 0. The van der Waals surface area contributed by atoms with Crippen molar-refractivity contribution in [1.29, 1.82) is 0 Å². The molecule has 0 N–H and O–H groups in total. The van der Waals surface area contributed by atoms with E-state index in [0.29, 0.717) is 0 Å². The third kappa shape index (κ3) is 9.74. The molecule has 0 heterocycles. The zero-order valence-corrected chi connectivity index (χ0v) is 8.97. The highest BCUT2D eigenvalue weighted by atomic mass is 13.9. The van der Waals surface area contributed by atoms with Crippen molar-refractivity contribution in [3.05, 3.63) is 12.2 Å². The Bertz CT molecular complexity index is 101. The van der Waals surface area contributed by atoms with Crippen LogP contribution in [0.15, 0.2) is 12.2 Å². The van der Waals surface area contributed by atoms with Gasteiger partial charge in [0.1, 0.15) is 0 Å². The molecule has 0 radical (unpaired) electrons. The molecule has 0 aromatic rings. The minimum Gasteiger partial charge on any atom is -0.0885 e. The van der Waals surface area contributed by atoms with Gasteiger partial charge in [0, 0.05) is 0 Å². The second kappa shape index (κ2) is 8.83. The molecule has 72 valence electrons. The summed E-state index contributed by atoms with van der Waals surface area (Å²) in [6, 6.07) is 0. The van der Waals surface area contributed by atoms with Gasteiger partial charge in [0.05, 0.1) is 0 Å². The smallest absolute Gasteiger partial charge is 0.0348 e. The van der Waals surface area contributed by atoms with Crippen molar-refractivity contribution in [2.24, 2.45) is 5.92 Å². The van der Waals surface area contributed by atoms with E-state index in [0.717, 1.165) is 5.92 Å². The van der Waals surface area contributed by atoms with Gasteiger partial charge in [0.15, 0.2) is 0 Å². The van der Waals surface area contributed by atoms with E-state index < -0.39 is 0 Å². The van der Waals surface area contributed by atoms with Gasteiger partial charge in [-0.25, -0.2) is 0 Å². The lowest BCUT2D eigenvalue weighted by Crippen LogP contribution is -1.83. The second-order valence-electron chi connectivity index (χ2n) is 3.94. The summed E-state index contributed by atoms with van der Waals surface area (Å²) >= 11 is 0. The number of allylic oxidation sites excluding steroid dienone is 2. The number of rotatable bonds is 7. The fourth-order valence-electron chi connectivity index (χ4n) is 1.18. The normalized spacial score (nSPS) is 11.7. The summed E-state index contributed by atoms with van der Waals surface area (Å²) in [5.74, 6) is 0.852. The second-order valence-corrected chi connectivity index (χ2v) is 3.94. The van der Waals surface area contributed by atoms with E-state index in [9.17, 15) is 0 Å². The van der Waals surface area contributed by atoms with Gasteiger partial charge < -0.3 is 0 Å². The molecule has 0 aliphatic carbocycles. The zero-order valence-electron chi connectivity index (χ0n) is 8.97. The molecular weight excluding hydrogens is 144 g/mol. The third-order valence-electron chi connectivity index (χ3n) is 2.05. The minimum atomic E-state index is 0.852. The average Bonchev–Trinajstić information content (AvgIpc) is 2.02. The summed E-state index contributed by atoms with van der Waals surface area (Å²) in [4.78, 5) is 0. The van der Waals surface area contributed by atoms with Gasteiger partial charge in [-0.1, -0.05) is 45.8 Å². The van der Waals surface area contributed by atoms with E-state index in [1.807, 2.05) is 0 Å². The molecule has 0 aromatic heterocycles. The Balaban J connectivity index is 3.04. The van der Waals surface area contributed by atoms with Gasteiger partial charge in [-0.05, 0) is 31.6 Å². The van der Waals surface area contributed by atoms with Crippen LogP contribution in [0.4, 0.5) is 0 Å². The Morgan fingerprint density at radius 3 is 2.25 bits per heavy atom. The van der Waals surface area contributed by atoms with Crippen molar-refractivity contribution >= 4 is 0 Å². The maximum atomic E-state index is 2.35. The van der Waals surface area contributed by atoms with Gasteiger partial charge in [-0.2, -0.15) is 0 Å². The van der Waals surface area contributed by atoms with E-state index in [1.165, 1.54) is 38.5 Å². The van der Waals surface area contributed by atoms with Crippen molar-refractivity contribution in [3.63, 3.8) is 0 Å². The zero-order chi connectivity index (χ0) is 9.23. The van der Waals surface area contributed by atoms with Crippen LogP contribution in [0.5, 0.6) is 0 Å². The highest BCUT2D eigenvalue weighted by Gasteiger charge is 1.89. The molecule has 0 atom stereocenters. The lowest BCUT2D eigenvalue weighted by atomic mass is 10.1. The first kappa shape index (κ1) is 11.7. The van der Waals surface area contributed by atoms with E-state index in [2.05, 4.69) is 32.9 Å². The van der Waals surface area contributed by atoms with Crippen LogP contribution in [0.3, 0.4) is 0 Å². The molecular formula is C12H24. The summed E-state index contributed by atoms with van der Waals surface area (Å²) in [6.07, 6.45) is 12.7. The molecule has 0 saturated heterocycles. The molecule has 0 heteroatoms. The van der Waals surface area contributed by atoms with Crippen LogP contribution in [0.25, 0.3) is 0 Å². The molecule has 0 aliphatic rings. The first-order valence-electron chi connectivity index (χ1n) is 5.42.